The third kappa shape index (κ3) is 3.93. The van der Waals surface area contributed by atoms with Gasteiger partial charge in [-0.25, -0.2) is 8.42 Å². The molecular weight excluding hydrogens is 312 g/mol. The zero-order valence-electron chi connectivity index (χ0n) is 13.6. The van der Waals surface area contributed by atoms with Gasteiger partial charge in [0.15, 0.2) is 9.84 Å². The molecule has 0 aromatic heterocycles. The Labute approximate surface area is 138 Å². The van der Waals surface area contributed by atoms with E-state index >= 15 is 0 Å². The van der Waals surface area contributed by atoms with Crippen molar-refractivity contribution in [3.05, 3.63) is 35.4 Å². The Bertz CT molecular complexity index is 664. The largest absolute Gasteiger partial charge is 0.339 e. The van der Waals surface area contributed by atoms with E-state index in [0.717, 1.165) is 37.1 Å². The van der Waals surface area contributed by atoms with Crippen molar-refractivity contribution in [2.24, 2.45) is 0 Å². The summed E-state index contributed by atoms with van der Waals surface area (Å²) in [6.45, 7) is 2.43. The van der Waals surface area contributed by atoms with E-state index in [2.05, 4.69) is 4.90 Å². The maximum Gasteiger partial charge on any atom is 0.253 e. The lowest BCUT2D eigenvalue weighted by Gasteiger charge is -2.23. The number of carbonyl (C=O) groups excluding carboxylic acids is 1. The predicted molar refractivity (Wildman–Crippen MR) is 90.1 cm³/mol. The van der Waals surface area contributed by atoms with E-state index < -0.39 is 9.84 Å². The van der Waals surface area contributed by atoms with Crippen LogP contribution >= 0.6 is 0 Å². The molecule has 2 heterocycles. The van der Waals surface area contributed by atoms with E-state index in [1.807, 2.05) is 36.2 Å². The number of hydrogen-bond acceptors (Lipinski definition) is 4. The summed E-state index contributed by atoms with van der Waals surface area (Å²) >= 11 is 0. The first-order chi connectivity index (χ1) is 10.9. The van der Waals surface area contributed by atoms with Crippen LogP contribution in [0.15, 0.2) is 24.3 Å². The number of carbonyl (C=O) groups is 1. The summed E-state index contributed by atoms with van der Waals surface area (Å²) in [6.07, 6.45) is 2.90. The van der Waals surface area contributed by atoms with Crippen LogP contribution in [0.3, 0.4) is 0 Å². The van der Waals surface area contributed by atoms with Crippen molar-refractivity contribution in [1.82, 2.24) is 9.80 Å². The standard InChI is InChI=1S/C17H24N2O3S/c1-18(16-8-11-23(21,22)13-16)12-14-4-6-15(7-5-14)17(20)19-9-2-3-10-19/h4-7,16H,2-3,8-13H2,1H3. The number of hydrogen-bond donors (Lipinski definition) is 0. The summed E-state index contributed by atoms with van der Waals surface area (Å²) in [5.41, 5.74) is 1.84. The van der Waals surface area contributed by atoms with Crippen molar-refractivity contribution in [2.75, 3.05) is 31.6 Å². The van der Waals surface area contributed by atoms with Gasteiger partial charge >= 0.3 is 0 Å². The van der Waals surface area contributed by atoms with Gasteiger partial charge in [-0.3, -0.25) is 9.69 Å². The summed E-state index contributed by atoms with van der Waals surface area (Å²) in [4.78, 5) is 16.3. The molecule has 1 aromatic carbocycles. The molecule has 0 bridgehead atoms. The molecule has 2 fully saturated rings. The molecule has 1 unspecified atom stereocenters. The second kappa shape index (κ2) is 6.61. The van der Waals surface area contributed by atoms with E-state index in [0.29, 0.717) is 18.7 Å². The Morgan fingerprint density at radius 1 is 1.22 bits per heavy atom. The zero-order chi connectivity index (χ0) is 16.4. The summed E-state index contributed by atoms with van der Waals surface area (Å²) in [7, 11) is -0.885. The maximum absolute atomic E-state index is 12.3. The van der Waals surface area contributed by atoms with E-state index in [-0.39, 0.29) is 17.7 Å². The van der Waals surface area contributed by atoms with Crippen LogP contribution < -0.4 is 0 Å². The minimum atomic E-state index is -2.85. The molecule has 23 heavy (non-hydrogen) atoms. The molecule has 3 rings (SSSR count). The number of amides is 1. The first-order valence-electron chi connectivity index (χ1n) is 8.23. The number of likely N-dealkylation sites (tertiary alicyclic amines) is 1. The third-order valence-electron chi connectivity index (χ3n) is 4.86. The van der Waals surface area contributed by atoms with E-state index in [4.69, 9.17) is 0 Å². The third-order valence-corrected chi connectivity index (χ3v) is 6.61. The topological polar surface area (TPSA) is 57.7 Å². The first-order valence-corrected chi connectivity index (χ1v) is 10.1. The minimum absolute atomic E-state index is 0.103. The highest BCUT2D eigenvalue weighted by atomic mass is 32.2. The highest BCUT2D eigenvalue weighted by Gasteiger charge is 2.30. The lowest BCUT2D eigenvalue weighted by atomic mass is 10.1. The molecule has 0 aliphatic carbocycles. The van der Waals surface area contributed by atoms with Gasteiger partial charge in [-0.05, 0) is 44.0 Å². The van der Waals surface area contributed by atoms with Gasteiger partial charge in [0, 0.05) is 31.2 Å². The molecule has 1 amide bonds. The molecule has 0 N–H and O–H groups in total. The predicted octanol–water partition coefficient (Wildman–Crippen LogP) is 1.54. The molecule has 6 heteroatoms. The van der Waals surface area contributed by atoms with Gasteiger partial charge in [0.25, 0.3) is 5.91 Å². The van der Waals surface area contributed by atoms with Gasteiger partial charge in [0.1, 0.15) is 0 Å². The number of nitrogens with zero attached hydrogens (tertiary/aromatic N) is 2. The van der Waals surface area contributed by atoms with Crippen molar-refractivity contribution < 1.29 is 13.2 Å². The summed E-state index contributed by atoms with van der Waals surface area (Å²) in [5.74, 6) is 0.671. The Hall–Kier alpha value is -1.40. The van der Waals surface area contributed by atoms with Crippen LogP contribution in [-0.4, -0.2) is 61.8 Å². The van der Waals surface area contributed by atoms with Gasteiger partial charge < -0.3 is 4.90 Å². The van der Waals surface area contributed by atoms with E-state index in [1.165, 1.54) is 0 Å². The fourth-order valence-corrected chi connectivity index (χ4v) is 5.20. The van der Waals surface area contributed by atoms with Crippen LogP contribution in [-0.2, 0) is 16.4 Å². The van der Waals surface area contributed by atoms with Gasteiger partial charge in [-0.15, -0.1) is 0 Å². The van der Waals surface area contributed by atoms with Crippen molar-refractivity contribution in [3.8, 4) is 0 Å². The van der Waals surface area contributed by atoms with Crippen molar-refractivity contribution in [1.29, 1.82) is 0 Å². The lowest BCUT2D eigenvalue weighted by molar-refractivity contribution is 0.0793. The lowest BCUT2D eigenvalue weighted by Crippen LogP contribution is -2.32. The average molecular weight is 336 g/mol. The highest BCUT2D eigenvalue weighted by Crippen LogP contribution is 2.19. The fraction of sp³-hybridized carbons (Fsp3) is 0.588. The van der Waals surface area contributed by atoms with E-state index in [9.17, 15) is 13.2 Å². The quantitative estimate of drug-likeness (QED) is 0.837. The van der Waals surface area contributed by atoms with Crippen LogP contribution in [0.5, 0.6) is 0 Å². The SMILES string of the molecule is CN(Cc1ccc(C(=O)N2CCCC2)cc1)C1CCS(=O)(=O)C1. The molecule has 2 saturated heterocycles. The Morgan fingerprint density at radius 3 is 2.43 bits per heavy atom. The molecule has 5 nitrogen and oxygen atoms in total. The molecule has 126 valence electrons. The average Bonchev–Trinajstić information content (AvgIpc) is 3.16. The summed E-state index contributed by atoms with van der Waals surface area (Å²) in [6, 6.07) is 7.82. The van der Waals surface area contributed by atoms with Crippen LogP contribution in [0, 0.1) is 0 Å². The monoisotopic (exact) mass is 336 g/mol. The summed E-state index contributed by atoms with van der Waals surface area (Å²) < 4.78 is 23.1. The minimum Gasteiger partial charge on any atom is -0.339 e. The van der Waals surface area contributed by atoms with Crippen molar-refractivity contribution in [2.45, 2.75) is 31.8 Å². The number of benzene rings is 1. The first kappa shape index (κ1) is 16.5. The smallest absolute Gasteiger partial charge is 0.253 e. The molecule has 1 atom stereocenters. The van der Waals surface area contributed by atoms with Gasteiger partial charge in [0.2, 0.25) is 0 Å². The summed E-state index contributed by atoms with van der Waals surface area (Å²) in [5, 5.41) is 0. The number of rotatable bonds is 4. The van der Waals surface area contributed by atoms with Gasteiger partial charge in [0.05, 0.1) is 11.5 Å². The van der Waals surface area contributed by atoms with Crippen LogP contribution in [0.25, 0.3) is 0 Å². The zero-order valence-corrected chi connectivity index (χ0v) is 14.4. The normalized spacial score (nSPS) is 23.6. The second-order valence-corrected chi connectivity index (χ2v) is 8.90. The molecule has 2 aliphatic rings. The fourth-order valence-electron chi connectivity index (χ4n) is 3.40. The maximum atomic E-state index is 12.3. The Kier molecular flexibility index (Phi) is 4.73. The Balaban J connectivity index is 1.60. The molecule has 1 aromatic rings. The molecule has 0 saturated carbocycles. The van der Waals surface area contributed by atoms with Crippen LogP contribution in [0.1, 0.15) is 35.2 Å². The van der Waals surface area contributed by atoms with Crippen LogP contribution in [0.2, 0.25) is 0 Å². The van der Waals surface area contributed by atoms with E-state index in [1.54, 1.807) is 0 Å². The number of sulfone groups is 1. The highest BCUT2D eigenvalue weighted by molar-refractivity contribution is 7.91. The molecule has 0 radical (unpaired) electrons. The second-order valence-electron chi connectivity index (χ2n) is 6.67. The van der Waals surface area contributed by atoms with Crippen LogP contribution in [0.4, 0.5) is 0 Å². The van der Waals surface area contributed by atoms with Gasteiger partial charge in [-0.2, -0.15) is 0 Å². The van der Waals surface area contributed by atoms with Crippen molar-refractivity contribution in [3.63, 3.8) is 0 Å². The molecule has 0 spiro atoms. The van der Waals surface area contributed by atoms with Crippen molar-refractivity contribution >= 4 is 15.7 Å². The molecule has 2 aliphatic heterocycles. The molecular formula is C17H24N2O3S. The Morgan fingerprint density at radius 2 is 1.87 bits per heavy atom. The van der Waals surface area contributed by atoms with Gasteiger partial charge in [-0.1, -0.05) is 12.1 Å².